The minimum absolute atomic E-state index is 0.0477. The molecule has 0 aliphatic heterocycles. The van der Waals surface area contributed by atoms with E-state index in [1.54, 1.807) is 0 Å². The van der Waals surface area contributed by atoms with Crippen LogP contribution in [0, 0.1) is 0 Å². The molecule has 0 N–H and O–H groups in total. The number of carbonyl (C=O) groups is 1. The Morgan fingerprint density at radius 1 is 1.38 bits per heavy atom. The maximum atomic E-state index is 12.2. The molecule has 1 aliphatic rings. The van der Waals surface area contributed by atoms with Crippen LogP contribution in [0.2, 0.25) is 0 Å². The predicted octanol–water partition coefficient (Wildman–Crippen LogP) is 1.93. The number of rotatable bonds is 2. The molecule has 1 fully saturated rings. The lowest BCUT2D eigenvalue weighted by Crippen LogP contribution is -2.32. The number of Topliss-reactive ketones (excluding diaryl/α,β-unsaturated/α-hetero) is 1. The van der Waals surface area contributed by atoms with Crippen molar-refractivity contribution in [1.82, 2.24) is 4.57 Å². The Labute approximate surface area is 88.5 Å². The summed E-state index contributed by atoms with van der Waals surface area (Å²) in [5.41, 5.74) is -1.66. The molecule has 1 aromatic heterocycles. The van der Waals surface area contributed by atoms with Crippen LogP contribution in [-0.4, -0.2) is 16.5 Å². The van der Waals surface area contributed by atoms with Crippen molar-refractivity contribution in [1.29, 1.82) is 0 Å². The fourth-order valence-corrected chi connectivity index (χ4v) is 1.48. The van der Waals surface area contributed by atoms with Gasteiger partial charge in [0.1, 0.15) is 0 Å². The highest BCUT2D eigenvalue weighted by Gasteiger charge is 2.41. The molecule has 3 nitrogen and oxygen atoms in total. The molecule has 0 unspecified atom stereocenters. The fraction of sp³-hybridized carbons (Fsp3) is 0.400. The van der Waals surface area contributed by atoms with Gasteiger partial charge in [-0.25, -0.2) is 0 Å². The van der Waals surface area contributed by atoms with Gasteiger partial charge in [-0.2, -0.15) is 13.2 Å². The number of hydrogen-bond donors (Lipinski definition) is 0. The molecule has 0 atom stereocenters. The first-order chi connectivity index (χ1) is 7.41. The van der Waals surface area contributed by atoms with E-state index in [-0.39, 0.29) is 6.04 Å². The second-order valence-electron chi connectivity index (χ2n) is 3.69. The highest BCUT2D eigenvalue weighted by molar-refractivity contribution is 5.99. The smallest absolute Gasteiger partial charge is 0.312 e. The predicted molar refractivity (Wildman–Crippen MR) is 49.4 cm³/mol. The second kappa shape index (κ2) is 3.47. The Morgan fingerprint density at radius 3 is 2.50 bits per heavy atom. The van der Waals surface area contributed by atoms with Crippen LogP contribution in [0.25, 0.3) is 0 Å². The van der Waals surface area contributed by atoms with Crippen molar-refractivity contribution in [3.63, 3.8) is 0 Å². The monoisotopic (exact) mass is 231 g/mol. The van der Waals surface area contributed by atoms with E-state index in [0.29, 0.717) is 0 Å². The highest BCUT2D eigenvalue weighted by Crippen LogP contribution is 2.33. The van der Waals surface area contributed by atoms with Gasteiger partial charge in [-0.3, -0.25) is 9.59 Å². The van der Waals surface area contributed by atoms with Gasteiger partial charge in [-0.05, 0) is 25.0 Å². The molecule has 1 heterocycles. The molecule has 0 spiro atoms. The minimum Gasteiger partial charge on any atom is -0.312 e. The number of pyridine rings is 1. The van der Waals surface area contributed by atoms with Crippen molar-refractivity contribution in [3.05, 3.63) is 34.2 Å². The normalized spacial score (nSPS) is 16.2. The van der Waals surface area contributed by atoms with Crippen molar-refractivity contribution < 1.29 is 18.0 Å². The molecule has 16 heavy (non-hydrogen) atoms. The second-order valence-corrected chi connectivity index (χ2v) is 3.69. The molecule has 1 aromatic rings. The molecular formula is C10H8F3NO2. The highest BCUT2D eigenvalue weighted by atomic mass is 19.4. The number of ketones is 1. The third-order valence-electron chi connectivity index (χ3n) is 2.42. The average Bonchev–Trinajstić information content (AvgIpc) is 2.99. The van der Waals surface area contributed by atoms with Crippen LogP contribution in [0.4, 0.5) is 13.2 Å². The molecule has 0 radical (unpaired) electrons. The summed E-state index contributed by atoms with van der Waals surface area (Å²) >= 11 is 0. The molecule has 0 bridgehead atoms. The molecule has 86 valence electrons. The number of nitrogens with zero attached hydrogens (tertiary/aromatic N) is 1. The lowest BCUT2D eigenvalue weighted by Gasteiger charge is -2.07. The van der Waals surface area contributed by atoms with Crippen molar-refractivity contribution in [2.45, 2.75) is 25.1 Å². The summed E-state index contributed by atoms with van der Waals surface area (Å²) in [5.74, 6) is -2.08. The zero-order chi connectivity index (χ0) is 11.9. The Kier molecular flexibility index (Phi) is 2.36. The molecule has 6 heteroatoms. The maximum absolute atomic E-state index is 12.2. The van der Waals surface area contributed by atoms with E-state index in [4.69, 9.17) is 0 Å². The lowest BCUT2D eigenvalue weighted by atomic mass is 10.2. The average molecular weight is 231 g/mol. The van der Waals surface area contributed by atoms with Crippen molar-refractivity contribution in [3.8, 4) is 0 Å². The molecule has 1 aliphatic carbocycles. The summed E-state index contributed by atoms with van der Waals surface area (Å²) in [7, 11) is 0. The minimum atomic E-state index is -5.00. The van der Waals surface area contributed by atoms with E-state index >= 15 is 0 Å². The zero-order valence-electron chi connectivity index (χ0n) is 8.12. The van der Waals surface area contributed by atoms with Crippen LogP contribution in [0.1, 0.15) is 29.2 Å². The van der Waals surface area contributed by atoms with Crippen LogP contribution in [0.3, 0.4) is 0 Å². The quantitative estimate of drug-likeness (QED) is 0.729. The van der Waals surface area contributed by atoms with E-state index in [2.05, 4.69) is 0 Å². The van der Waals surface area contributed by atoms with Crippen LogP contribution in [0.5, 0.6) is 0 Å². The van der Waals surface area contributed by atoms with Crippen molar-refractivity contribution >= 4 is 5.78 Å². The van der Waals surface area contributed by atoms with Gasteiger partial charge in [-0.1, -0.05) is 0 Å². The molecule has 1 saturated carbocycles. The maximum Gasteiger partial charge on any atom is 0.455 e. The first kappa shape index (κ1) is 10.9. The molecule has 0 amide bonds. The third-order valence-corrected chi connectivity index (χ3v) is 2.42. The standard InChI is InChI=1S/C10H8F3NO2/c11-10(12,13)8(15)7-2-1-5-14(9(7)16)6-3-4-6/h1-2,5-6H,3-4H2. The summed E-state index contributed by atoms with van der Waals surface area (Å²) < 4.78 is 37.7. The summed E-state index contributed by atoms with van der Waals surface area (Å²) in [5, 5.41) is 0. The summed E-state index contributed by atoms with van der Waals surface area (Å²) in [6.45, 7) is 0. The molecule has 0 saturated heterocycles. The first-order valence-electron chi connectivity index (χ1n) is 4.74. The first-order valence-corrected chi connectivity index (χ1v) is 4.74. The molecular weight excluding hydrogens is 223 g/mol. The Morgan fingerprint density at radius 2 is 2.00 bits per heavy atom. The van der Waals surface area contributed by atoms with Gasteiger partial charge in [0.2, 0.25) is 0 Å². The summed E-state index contributed by atoms with van der Waals surface area (Å²) in [6, 6.07) is 2.16. The summed E-state index contributed by atoms with van der Waals surface area (Å²) in [6.07, 6.45) is -2.05. The van der Waals surface area contributed by atoms with Gasteiger partial charge < -0.3 is 4.57 Å². The van der Waals surface area contributed by atoms with Gasteiger partial charge >= 0.3 is 6.18 Å². The largest absolute Gasteiger partial charge is 0.455 e. The topological polar surface area (TPSA) is 39.1 Å². The van der Waals surface area contributed by atoms with Gasteiger partial charge in [-0.15, -0.1) is 0 Å². The number of carbonyl (C=O) groups excluding carboxylic acids is 1. The fourth-order valence-electron chi connectivity index (χ4n) is 1.48. The molecule has 0 aromatic carbocycles. The van der Waals surface area contributed by atoms with Gasteiger partial charge in [0, 0.05) is 12.2 Å². The van der Waals surface area contributed by atoms with Crippen LogP contribution in [-0.2, 0) is 0 Å². The lowest BCUT2D eigenvalue weighted by molar-refractivity contribution is -0.0886. The molecule has 2 rings (SSSR count). The summed E-state index contributed by atoms with van der Waals surface area (Å²) in [4.78, 5) is 22.5. The number of aromatic nitrogens is 1. The van der Waals surface area contributed by atoms with E-state index in [1.165, 1.54) is 16.8 Å². The Hall–Kier alpha value is -1.59. The Balaban J connectivity index is 2.46. The third kappa shape index (κ3) is 1.87. The zero-order valence-corrected chi connectivity index (χ0v) is 8.12. The van der Waals surface area contributed by atoms with Gasteiger partial charge in [0.05, 0.1) is 5.56 Å². The van der Waals surface area contributed by atoms with E-state index < -0.39 is 23.1 Å². The van der Waals surface area contributed by atoms with Crippen molar-refractivity contribution in [2.75, 3.05) is 0 Å². The SMILES string of the molecule is O=C(c1cccn(C2CC2)c1=O)C(F)(F)F. The van der Waals surface area contributed by atoms with Gasteiger partial charge in [0.25, 0.3) is 11.3 Å². The Bertz CT molecular complexity index is 486. The van der Waals surface area contributed by atoms with E-state index in [9.17, 15) is 22.8 Å². The van der Waals surface area contributed by atoms with Gasteiger partial charge in [0.15, 0.2) is 0 Å². The number of alkyl halides is 3. The van der Waals surface area contributed by atoms with E-state index in [1.807, 2.05) is 0 Å². The number of halogens is 3. The van der Waals surface area contributed by atoms with Crippen LogP contribution >= 0.6 is 0 Å². The van der Waals surface area contributed by atoms with Crippen LogP contribution < -0.4 is 5.56 Å². The number of hydrogen-bond acceptors (Lipinski definition) is 2. The van der Waals surface area contributed by atoms with Crippen LogP contribution in [0.15, 0.2) is 23.1 Å². The van der Waals surface area contributed by atoms with Crippen molar-refractivity contribution in [2.24, 2.45) is 0 Å². The van der Waals surface area contributed by atoms with E-state index in [0.717, 1.165) is 18.9 Å².